The van der Waals surface area contributed by atoms with Gasteiger partial charge in [-0.2, -0.15) is 0 Å². The molecule has 0 radical (unpaired) electrons. The molecule has 2 amide bonds. The number of carbonyl (C=O) groups excluding carboxylic acids is 2. The van der Waals surface area contributed by atoms with Crippen molar-refractivity contribution in [2.45, 2.75) is 76.1 Å². The number of unbranched alkanes of at least 4 members (excludes halogenated alkanes) is 2. The number of aliphatic hydroxyl groups is 1. The Kier molecular flexibility index (Phi) is 13.0. The van der Waals surface area contributed by atoms with Crippen LogP contribution < -0.4 is 10.6 Å². The molecule has 1 saturated heterocycles. The number of carboxylic acid groups (broad SMARTS) is 1. The van der Waals surface area contributed by atoms with Gasteiger partial charge in [0.05, 0.1) is 24.4 Å². The monoisotopic (exact) mass is 634 g/mol. The van der Waals surface area contributed by atoms with Crippen LogP contribution in [-0.2, 0) is 32.2 Å². The molecule has 9 nitrogen and oxygen atoms in total. The third kappa shape index (κ3) is 10.4. The fourth-order valence-corrected chi connectivity index (χ4v) is 6.18. The Morgan fingerprint density at radius 3 is 2.13 bits per heavy atom. The summed E-state index contributed by atoms with van der Waals surface area (Å²) in [5, 5.41) is 24.4. The minimum Gasteiger partial charge on any atom is -0.478 e. The molecule has 4 unspecified atom stereocenters. The summed E-state index contributed by atoms with van der Waals surface area (Å²) in [5.41, 5.74) is 3.92. The van der Waals surface area contributed by atoms with E-state index < -0.39 is 12.3 Å². The fraction of sp³-hybridized carbons (Fsp3) is 0.400. The second-order valence-electron chi connectivity index (χ2n) is 11.3. The van der Waals surface area contributed by atoms with Gasteiger partial charge in [-0.25, -0.2) is 4.79 Å². The van der Waals surface area contributed by atoms with Gasteiger partial charge >= 0.3 is 5.97 Å². The van der Waals surface area contributed by atoms with Gasteiger partial charge in [-0.05, 0) is 53.8 Å². The number of ether oxygens (including phenoxy) is 2. The standard InChI is InChI=1S/C35H42N2O7S/c1-23-31(22-45-30-17-15-28(16-18-30)34(41)42)43-35(44-33(23)27-11-9-26(21-38)10-12-27)29-13-7-25(8-14-29)20-37-32(40)6-4-3-5-19-36-24(2)39/h7-18,23,31,33,35,38H,3-6,19-22H2,1-2H3,(H,36,39)(H,37,40)(H,41,42). The topological polar surface area (TPSA) is 134 Å². The predicted octanol–water partition coefficient (Wildman–Crippen LogP) is 5.77. The summed E-state index contributed by atoms with van der Waals surface area (Å²) >= 11 is 1.61. The molecular formula is C35H42N2O7S. The minimum absolute atomic E-state index is 0.000427. The van der Waals surface area contributed by atoms with E-state index in [-0.39, 0.29) is 42.1 Å². The van der Waals surface area contributed by atoms with Crippen molar-refractivity contribution in [3.63, 3.8) is 0 Å². The molecule has 4 rings (SSSR count). The summed E-state index contributed by atoms with van der Waals surface area (Å²) in [6.45, 7) is 4.63. The number of carbonyl (C=O) groups is 3. The summed E-state index contributed by atoms with van der Waals surface area (Å²) in [4.78, 5) is 35.4. The van der Waals surface area contributed by atoms with Crippen molar-refractivity contribution < 1.29 is 34.1 Å². The molecule has 0 bridgehead atoms. The van der Waals surface area contributed by atoms with Crippen molar-refractivity contribution in [1.82, 2.24) is 10.6 Å². The van der Waals surface area contributed by atoms with Crippen LogP contribution in [0.1, 0.15) is 84.5 Å². The summed E-state index contributed by atoms with van der Waals surface area (Å²) < 4.78 is 13.1. The number of aromatic carboxylic acids is 1. The third-order valence-electron chi connectivity index (χ3n) is 7.84. The number of aliphatic hydroxyl groups excluding tert-OH is 1. The Morgan fingerprint density at radius 1 is 0.822 bits per heavy atom. The van der Waals surface area contributed by atoms with E-state index in [0.29, 0.717) is 25.3 Å². The van der Waals surface area contributed by atoms with Crippen LogP contribution in [0.4, 0.5) is 0 Å². The van der Waals surface area contributed by atoms with E-state index in [0.717, 1.165) is 46.4 Å². The molecule has 45 heavy (non-hydrogen) atoms. The van der Waals surface area contributed by atoms with E-state index >= 15 is 0 Å². The second kappa shape index (κ2) is 17.1. The molecule has 10 heteroatoms. The van der Waals surface area contributed by atoms with Crippen molar-refractivity contribution in [2.24, 2.45) is 5.92 Å². The van der Waals surface area contributed by atoms with E-state index in [2.05, 4.69) is 17.6 Å². The predicted molar refractivity (Wildman–Crippen MR) is 173 cm³/mol. The first-order chi connectivity index (χ1) is 21.7. The van der Waals surface area contributed by atoms with Crippen LogP contribution in [0.15, 0.2) is 77.7 Å². The molecular weight excluding hydrogens is 592 g/mol. The molecule has 3 aromatic carbocycles. The first-order valence-electron chi connectivity index (χ1n) is 15.3. The Hall–Kier alpha value is -3.70. The zero-order valence-corrected chi connectivity index (χ0v) is 26.6. The largest absolute Gasteiger partial charge is 0.478 e. The lowest BCUT2D eigenvalue weighted by atomic mass is 9.91. The van der Waals surface area contributed by atoms with Crippen LogP contribution in [0, 0.1) is 5.92 Å². The van der Waals surface area contributed by atoms with Crippen molar-refractivity contribution in [1.29, 1.82) is 0 Å². The Bertz CT molecular complexity index is 1400. The number of benzene rings is 3. The fourth-order valence-electron chi connectivity index (χ4n) is 5.12. The highest BCUT2D eigenvalue weighted by Gasteiger charge is 2.38. The zero-order chi connectivity index (χ0) is 32.2. The zero-order valence-electron chi connectivity index (χ0n) is 25.7. The molecule has 0 aromatic heterocycles. The van der Waals surface area contributed by atoms with Gasteiger partial charge in [-0.15, -0.1) is 11.8 Å². The average Bonchev–Trinajstić information content (AvgIpc) is 3.05. The number of rotatable bonds is 15. The van der Waals surface area contributed by atoms with Gasteiger partial charge in [0, 0.05) is 48.6 Å². The number of nitrogens with one attached hydrogen (secondary N) is 2. The molecule has 0 spiro atoms. The van der Waals surface area contributed by atoms with Crippen molar-refractivity contribution in [2.75, 3.05) is 12.3 Å². The molecule has 4 atom stereocenters. The van der Waals surface area contributed by atoms with Crippen LogP contribution in [0.3, 0.4) is 0 Å². The smallest absolute Gasteiger partial charge is 0.335 e. The van der Waals surface area contributed by atoms with Crippen molar-refractivity contribution in [3.05, 3.63) is 101 Å². The van der Waals surface area contributed by atoms with Crippen LogP contribution in [0.5, 0.6) is 0 Å². The summed E-state index contributed by atoms with van der Waals surface area (Å²) in [7, 11) is 0. The van der Waals surface area contributed by atoms with Gasteiger partial charge in [0.25, 0.3) is 0 Å². The lowest BCUT2D eigenvalue weighted by Crippen LogP contribution is -2.38. The highest BCUT2D eigenvalue weighted by Crippen LogP contribution is 2.43. The number of hydrogen-bond donors (Lipinski definition) is 4. The molecule has 4 N–H and O–H groups in total. The first-order valence-corrected chi connectivity index (χ1v) is 16.3. The molecule has 1 aliphatic rings. The third-order valence-corrected chi connectivity index (χ3v) is 8.94. The average molecular weight is 635 g/mol. The Balaban J connectivity index is 1.37. The molecule has 1 aliphatic heterocycles. The normalized spacial score (nSPS) is 19.5. The maximum absolute atomic E-state index is 12.3. The summed E-state index contributed by atoms with van der Waals surface area (Å²) in [6, 6.07) is 22.5. The number of thioether (sulfide) groups is 1. The number of carboxylic acids is 1. The van der Waals surface area contributed by atoms with Crippen molar-refractivity contribution in [3.8, 4) is 0 Å². The Morgan fingerprint density at radius 2 is 1.49 bits per heavy atom. The summed E-state index contributed by atoms with van der Waals surface area (Å²) in [5.74, 6) is -0.322. The maximum atomic E-state index is 12.3. The van der Waals surface area contributed by atoms with Gasteiger partial charge in [0.15, 0.2) is 6.29 Å². The first kappa shape index (κ1) is 34.2. The minimum atomic E-state index is -0.953. The van der Waals surface area contributed by atoms with Gasteiger partial charge < -0.3 is 30.3 Å². The Labute approximate surface area is 268 Å². The van der Waals surface area contributed by atoms with E-state index in [1.54, 1.807) is 23.9 Å². The van der Waals surface area contributed by atoms with Gasteiger partial charge in [0.1, 0.15) is 0 Å². The van der Waals surface area contributed by atoms with E-state index in [9.17, 15) is 24.6 Å². The van der Waals surface area contributed by atoms with Gasteiger partial charge in [0.2, 0.25) is 11.8 Å². The van der Waals surface area contributed by atoms with Crippen LogP contribution in [0.25, 0.3) is 0 Å². The quantitative estimate of drug-likeness (QED) is 0.122. The lowest BCUT2D eigenvalue weighted by molar-refractivity contribution is -0.268. The number of hydrogen-bond acceptors (Lipinski definition) is 7. The van der Waals surface area contributed by atoms with E-state index in [1.807, 2.05) is 60.7 Å². The second-order valence-corrected chi connectivity index (χ2v) is 12.4. The summed E-state index contributed by atoms with van der Waals surface area (Å²) in [6.07, 6.45) is 1.95. The van der Waals surface area contributed by atoms with Gasteiger partial charge in [-0.3, -0.25) is 9.59 Å². The highest BCUT2D eigenvalue weighted by atomic mass is 32.2. The molecule has 0 aliphatic carbocycles. The molecule has 3 aromatic rings. The van der Waals surface area contributed by atoms with Gasteiger partial charge in [-0.1, -0.05) is 61.9 Å². The SMILES string of the molecule is CC(=O)NCCCCCC(=O)NCc1ccc(C2OC(CSc3ccc(C(=O)O)cc3)C(C)C(c3ccc(CO)cc3)O2)cc1. The van der Waals surface area contributed by atoms with Crippen LogP contribution in [0.2, 0.25) is 0 Å². The van der Waals surface area contributed by atoms with Crippen molar-refractivity contribution >= 4 is 29.5 Å². The number of amides is 2. The lowest BCUT2D eigenvalue weighted by Gasteiger charge is -2.41. The van der Waals surface area contributed by atoms with Crippen LogP contribution in [-0.4, -0.2) is 46.4 Å². The molecule has 0 saturated carbocycles. The van der Waals surface area contributed by atoms with E-state index in [1.165, 1.54) is 6.92 Å². The van der Waals surface area contributed by atoms with Crippen LogP contribution >= 0.6 is 11.8 Å². The van der Waals surface area contributed by atoms with E-state index in [4.69, 9.17) is 9.47 Å². The molecule has 1 fully saturated rings. The molecule has 240 valence electrons. The maximum Gasteiger partial charge on any atom is 0.335 e. The highest BCUT2D eigenvalue weighted by molar-refractivity contribution is 7.99. The molecule has 1 heterocycles.